The summed E-state index contributed by atoms with van der Waals surface area (Å²) in [6.07, 6.45) is 9.44. The number of primary amides is 1. The van der Waals surface area contributed by atoms with Crippen LogP contribution in [0.25, 0.3) is 28.2 Å². The molecule has 0 atom stereocenters. The van der Waals surface area contributed by atoms with E-state index in [0.717, 1.165) is 73.0 Å². The molecule has 202 valence electrons. The molecule has 0 bridgehead atoms. The number of fused-ring (bicyclic) bond motifs is 1. The molecule has 8 heteroatoms. The van der Waals surface area contributed by atoms with Gasteiger partial charge in [0.2, 0.25) is 5.91 Å². The molecular weight excluding hydrogens is 493 g/mol. The van der Waals surface area contributed by atoms with Crippen LogP contribution in [0.1, 0.15) is 72.9 Å². The Balaban J connectivity index is 1.44. The summed E-state index contributed by atoms with van der Waals surface area (Å²) >= 11 is 0. The minimum Gasteiger partial charge on any atom is -0.390 e. The zero-order valence-corrected chi connectivity index (χ0v) is 22.4. The number of aliphatic hydroxyl groups is 1. The van der Waals surface area contributed by atoms with Crippen molar-refractivity contribution in [2.45, 2.75) is 63.9 Å². The van der Waals surface area contributed by atoms with Crippen molar-refractivity contribution < 1.29 is 14.3 Å². The molecule has 6 rings (SSSR count). The van der Waals surface area contributed by atoms with Gasteiger partial charge in [0.1, 0.15) is 5.82 Å². The average molecular weight is 528 g/mol. The molecule has 2 aromatic heterocycles. The summed E-state index contributed by atoms with van der Waals surface area (Å²) < 4.78 is 15.8. The number of benzene rings is 2. The van der Waals surface area contributed by atoms with Crippen LogP contribution in [0.2, 0.25) is 0 Å². The van der Waals surface area contributed by atoms with Crippen molar-refractivity contribution >= 4 is 17.4 Å². The number of halogens is 1. The van der Waals surface area contributed by atoms with Crippen molar-refractivity contribution in [3.05, 3.63) is 71.3 Å². The van der Waals surface area contributed by atoms with Crippen molar-refractivity contribution in [2.75, 3.05) is 11.9 Å². The third-order valence-electron chi connectivity index (χ3n) is 8.41. The molecular formula is C31H34FN5O2. The second-order valence-electron chi connectivity index (χ2n) is 11.5. The number of carbonyl (C=O) groups is 1. The van der Waals surface area contributed by atoms with Gasteiger partial charge >= 0.3 is 0 Å². The van der Waals surface area contributed by atoms with Crippen LogP contribution in [0.15, 0.2) is 48.8 Å². The molecule has 2 fully saturated rings. The van der Waals surface area contributed by atoms with Gasteiger partial charge in [-0.1, -0.05) is 6.07 Å². The maximum absolute atomic E-state index is 13.7. The SMILES string of the molecule is Cc1c(C(N)=O)ccc(-c2cnc3c(NCC4CCC(C)(O)CC4)nc(-c4ccc(F)cc4)cn23)c1C1CC1. The number of rotatable bonds is 7. The van der Waals surface area contributed by atoms with E-state index in [1.807, 2.05) is 36.7 Å². The van der Waals surface area contributed by atoms with Gasteiger partial charge in [-0.2, -0.15) is 0 Å². The Kier molecular flexibility index (Phi) is 6.38. The van der Waals surface area contributed by atoms with Crippen molar-refractivity contribution in [1.29, 1.82) is 0 Å². The van der Waals surface area contributed by atoms with E-state index in [0.29, 0.717) is 34.6 Å². The lowest BCUT2D eigenvalue weighted by Crippen LogP contribution is -2.32. The van der Waals surface area contributed by atoms with Crippen molar-refractivity contribution in [2.24, 2.45) is 11.7 Å². The Morgan fingerprint density at radius 2 is 1.87 bits per heavy atom. The Hall–Kier alpha value is -3.78. The van der Waals surface area contributed by atoms with E-state index >= 15 is 0 Å². The van der Waals surface area contributed by atoms with E-state index in [-0.39, 0.29) is 5.82 Å². The lowest BCUT2D eigenvalue weighted by atomic mass is 9.80. The number of carbonyl (C=O) groups excluding carboxylic acids is 1. The number of imidazole rings is 1. The molecule has 0 saturated heterocycles. The first kappa shape index (κ1) is 25.5. The van der Waals surface area contributed by atoms with Crippen LogP contribution in [0.4, 0.5) is 10.2 Å². The zero-order valence-electron chi connectivity index (χ0n) is 22.4. The van der Waals surface area contributed by atoms with Gasteiger partial charge in [-0.3, -0.25) is 9.20 Å². The summed E-state index contributed by atoms with van der Waals surface area (Å²) in [5, 5.41) is 13.9. The van der Waals surface area contributed by atoms with Gasteiger partial charge in [-0.05, 0) is 106 Å². The first-order valence-electron chi connectivity index (χ1n) is 13.7. The van der Waals surface area contributed by atoms with Crippen LogP contribution < -0.4 is 11.1 Å². The van der Waals surface area contributed by atoms with Gasteiger partial charge in [0.25, 0.3) is 0 Å². The molecule has 2 saturated carbocycles. The normalized spacial score (nSPS) is 21.3. The molecule has 0 spiro atoms. The highest BCUT2D eigenvalue weighted by Crippen LogP contribution is 2.47. The third-order valence-corrected chi connectivity index (χ3v) is 8.41. The highest BCUT2D eigenvalue weighted by molar-refractivity contribution is 5.96. The Morgan fingerprint density at radius 3 is 2.54 bits per heavy atom. The fraction of sp³-hybridized carbons (Fsp3) is 0.387. The number of aromatic nitrogens is 3. The smallest absolute Gasteiger partial charge is 0.248 e. The second-order valence-corrected chi connectivity index (χ2v) is 11.5. The predicted molar refractivity (Wildman–Crippen MR) is 150 cm³/mol. The fourth-order valence-corrected chi connectivity index (χ4v) is 5.93. The Bertz CT molecular complexity index is 1550. The van der Waals surface area contributed by atoms with Gasteiger partial charge in [-0.15, -0.1) is 0 Å². The molecule has 39 heavy (non-hydrogen) atoms. The number of nitrogens with two attached hydrogens (primary N) is 1. The summed E-state index contributed by atoms with van der Waals surface area (Å²) in [6, 6.07) is 10.1. The quantitative estimate of drug-likeness (QED) is 0.280. The average Bonchev–Trinajstić information content (AvgIpc) is 3.65. The topological polar surface area (TPSA) is 106 Å². The maximum atomic E-state index is 13.7. The molecule has 0 radical (unpaired) electrons. The minimum atomic E-state index is -0.579. The number of hydrogen-bond acceptors (Lipinski definition) is 5. The van der Waals surface area contributed by atoms with E-state index in [9.17, 15) is 14.3 Å². The molecule has 0 aliphatic heterocycles. The molecule has 1 amide bonds. The first-order chi connectivity index (χ1) is 18.7. The molecule has 0 unspecified atom stereocenters. The second kappa shape index (κ2) is 9.75. The molecule has 2 aromatic carbocycles. The van der Waals surface area contributed by atoms with Gasteiger partial charge < -0.3 is 16.2 Å². The summed E-state index contributed by atoms with van der Waals surface area (Å²) in [5.74, 6) is 0.774. The predicted octanol–water partition coefficient (Wildman–Crippen LogP) is 5.84. The molecule has 2 aliphatic carbocycles. The highest BCUT2D eigenvalue weighted by atomic mass is 19.1. The van der Waals surface area contributed by atoms with Crippen molar-refractivity contribution in [1.82, 2.24) is 14.4 Å². The molecule has 2 heterocycles. The maximum Gasteiger partial charge on any atom is 0.248 e. The number of amides is 1. The fourth-order valence-electron chi connectivity index (χ4n) is 5.93. The van der Waals surface area contributed by atoms with Crippen LogP contribution in [0.3, 0.4) is 0 Å². The van der Waals surface area contributed by atoms with Gasteiger partial charge in [-0.25, -0.2) is 14.4 Å². The highest BCUT2D eigenvalue weighted by Gasteiger charge is 2.31. The monoisotopic (exact) mass is 527 g/mol. The molecule has 2 aliphatic rings. The number of hydrogen-bond donors (Lipinski definition) is 3. The Labute approximate surface area is 227 Å². The lowest BCUT2D eigenvalue weighted by Gasteiger charge is -2.33. The van der Waals surface area contributed by atoms with E-state index in [2.05, 4.69) is 5.32 Å². The number of anilines is 1. The first-order valence-corrected chi connectivity index (χ1v) is 13.7. The number of nitrogens with one attached hydrogen (secondary N) is 1. The van der Waals surface area contributed by atoms with Gasteiger partial charge in [0, 0.05) is 29.4 Å². The van der Waals surface area contributed by atoms with E-state index in [4.69, 9.17) is 15.7 Å². The molecule has 4 aromatic rings. The van der Waals surface area contributed by atoms with Crippen LogP contribution in [-0.2, 0) is 0 Å². The Morgan fingerprint density at radius 1 is 1.15 bits per heavy atom. The van der Waals surface area contributed by atoms with E-state index in [1.165, 1.54) is 12.1 Å². The van der Waals surface area contributed by atoms with Gasteiger partial charge in [0.15, 0.2) is 11.5 Å². The summed E-state index contributed by atoms with van der Waals surface area (Å²) in [7, 11) is 0. The lowest BCUT2D eigenvalue weighted by molar-refractivity contribution is 0.00976. The number of nitrogens with zero attached hydrogens (tertiary/aromatic N) is 3. The van der Waals surface area contributed by atoms with E-state index < -0.39 is 11.5 Å². The van der Waals surface area contributed by atoms with Crippen molar-refractivity contribution in [3.63, 3.8) is 0 Å². The van der Waals surface area contributed by atoms with Crippen LogP contribution in [0, 0.1) is 18.7 Å². The largest absolute Gasteiger partial charge is 0.390 e. The minimum absolute atomic E-state index is 0.297. The van der Waals surface area contributed by atoms with Crippen LogP contribution in [-0.4, -0.2) is 37.5 Å². The summed E-state index contributed by atoms with van der Waals surface area (Å²) in [4.78, 5) is 21.8. The van der Waals surface area contributed by atoms with Crippen LogP contribution >= 0.6 is 0 Å². The zero-order chi connectivity index (χ0) is 27.3. The summed E-state index contributed by atoms with van der Waals surface area (Å²) in [5.41, 5.74) is 11.9. The molecule has 7 nitrogen and oxygen atoms in total. The van der Waals surface area contributed by atoms with Crippen LogP contribution in [0.5, 0.6) is 0 Å². The van der Waals surface area contributed by atoms with Crippen molar-refractivity contribution in [3.8, 4) is 22.5 Å². The van der Waals surface area contributed by atoms with Gasteiger partial charge in [0.05, 0.1) is 23.2 Å². The summed E-state index contributed by atoms with van der Waals surface area (Å²) in [6.45, 7) is 4.61. The third kappa shape index (κ3) is 5.01. The van der Waals surface area contributed by atoms with E-state index in [1.54, 1.807) is 18.2 Å². The molecule has 4 N–H and O–H groups in total. The standard InChI is InChI=1S/C31H34FN5O2/c1-18-23(28(33)38)9-10-24(27(18)21-3-4-21)26-16-35-30-29(34-15-19-11-13-31(2,39)14-12-19)36-25(17-37(26)30)20-5-7-22(32)8-6-20/h5-10,16-17,19,21,39H,3-4,11-15H2,1-2H3,(H2,33,38)(H,34,36).